The van der Waals surface area contributed by atoms with Crippen molar-refractivity contribution in [2.24, 2.45) is 27.9 Å². The van der Waals surface area contributed by atoms with Crippen LogP contribution in [0, 0.1) is 0 Å². The van der Waals surface area contributed by atoms with E-state index in [1.807, 2.05) is 0 Å². The van der Waals surface area contributed by atoms with Gasteiger partial charge >= 0.3 is 5.97 Å². The zero-order valence-corrected chi connectivity index (χ0v) is 20.5. The normalized spacial score (nSPS) is 15.0. The fourth-order valence-electron chi connectivity index (χ4n) is 2.78. The van der Waals surface area contributed by atoms with Gasteiger partial charge in [-0.2, -0.15) is 11.8 Å². The Morgan fingerprint density at radius 2 is 1.49 bits per heavy atom. The van der Waals surface area contributed by atoms with Gasteiger partial charge in [-0.1, -0.05) is 0 Å². The molecule has 0 spiro atoms. The largest absolute Gasteiger partial charge is 0.480 e. The summed E-state index contributed by atoms with van der Waals surface area (Å²) in [6.07, 6.45) is 0.399. The van der Waals surface area contributed by atoms with Crippen LogP contribution >= 0.6 is 11.8 Å². The molecule has 5 unspecified atom stereocenters. The minimum Gasteiger partial charge on any atom is -0.480 e. The summed E-state index contributed by atoms with van der Waals surface area (Å²) in [5.74, 6) is -4.33. The molecule has 0 bridgehead atoms. The summed E-state index contributed by atoms with van der Waals surface area (Å²) in [6, 6.07) is -5.21. The topological polar surface area (TPSA) is 278 Å². The number of nitrogens with two attached hydrogens (primary N) is 4. The number of hydrogen-bond acceptors (Lipinski definition) is 9. The van der Waals surface area contributed by atoms with Crippen molar-refractivity contribution < 1.29 is 34.2 Å². The minimum absolute atomic E-state index is 0.0187. The summed E-state index contributed by atoms with van der Waals surface area (Å²) in [5, 5.41) is 26.0. The number of aliphatic carboxylic acids is 1. The Morgan fingerprint density at radius 1 is 0.943 bits per heavy atom. The van der Waals surface area contributed by atoms with E-state index in [9.17, 15) is 34.2 Å². The van der Waals surface area contributed by atoms with Gasteiger partial charge in [-0.25, -0.2) is 4.79 Å². The van der Waals surface area contributed by atoms with Gasteiger partial charge in [0.05, 0.1) is 18.6 Å². The average molecular weight is 521 g/mol. The third kappa shape index (κ3) is 13.4. The first-order valence-electron chi connectivity index (χ1n) is 10.7. The van der Waals surface area contributed by atoms with Gasteiger partial charge in [0, 0.05) is 6.54 Å². The molecule has 35 heavy (non-hydrogen) atoms. The number of aliphatic hydroxyl groups is 1. The van der Waals surface area contributed by atoms with Crippen LogP contribution in [0.3, 0.4) is 0 Å². The molecule has 4 amide bonds. The van der Waals surface area contributed by atoms with Gasteiger partial charge < -0.3 is 49.1 Å². The highest BCUT2D eigenvalue weighted by Gasteiger charge is 2.31. The number of primary amides is 1. The van der Waals surface area contributed by atoms with Crippen LogP contribution in [0.15, 0.2) is 4.99 Å². The lowest BCUT2D eigenvalue weighted by atomic mass is 10.1. The second-order valence-electron chi connectivity index (χ2n) is 7.69. The Morgan fingerprint density at radius 3 is 1.97 bits per heavy atom. The number of carboxylic acid groups (broad SMARTS) is 1. The first-order valence-corrected chi connectivity index (χ1v) is 12.1. The lowest BCUT2D eigenvalue weighted by molar-refractivity contribution is -0.145. The number of carbonyl (C=O) groups is 5. The molecule has 0 fully saturated rings. The first kappa shape index (κ1) is 31.9. The van der Waals surface area contributed by atoms with Gasteiger partial charge in [-0.3, -0.25) is 24.2 Å². The molecule has 0 aromatic heterocycles. The Balaban J connectivity index is 5.59. The van der Waals surface area contributed by atoms with Gasteiger partial charge in [0.25, 0.3) is 0 Å². The highest BCUT2D eigenvalue weighted by Crippen LogP contribution is 2.06. The maximum absolute atomic E-state index is 13.0. The van der Waals surface area contributed by atoms with E-state index in [0.29, 0.717) is 5.75 Å². The molecule has 15 nitrogen and oxygen atoms in total. The molecule has 0 saturated carbocycles. The smallest absolute Gasteiger partial charge is 0.328 e. The van der Waals surface area contributed by atoms with Crippen LogP contribution in [0.25, 0.3) is 0 Å². The minimum atomic E-state index is -1.61. The number of rotatable bonds is 17. The van der Waals surface area contributed by atoms with Crippen LogP contribution in [0.4, 0.5) is 0 Å². The molecule has 13 N–H and O–H groups in total. The predicted octanol–water partition coefficient (Wildman–Crippen LogP) is -4.08. The van der Waals surface area contributed by atoms with E-state index < -0.39 is 66.3 Å². The standard InChI is InChI=1S/C19H36N8O7S/c1-9(28)14(18(33)34)27-17(32)11(4-3-6-24-19(22)23)26-16(31)12(5-7-35-2)25-15(30)10(20)8-13(21)29/h9-12,14,28H,3-8,20H2,1-2H3,(H2,21,29)(H,25,30)(H,26,31)(H,27,32)(H,33,34)(H4,22,23,24). The van der Waals surface area contributed by atoms with Gasteiger partial charge in [0.15, 0.2) is 12.0 Å². The van der Waals surface area contributed by atoms with E-state index in [1.165, 1.54) is 18.7 Å². The highest BCUT2D eigenvalue weighted by molar-refractivity contribution is 7.98. The summed E-state index contributed by atoms with van der Waals surface area (Å²) in [6.45, 7) is 1.32. The van der Waals surface area contributed by atoms with Crippen molar-refractivity contribution in [3.63, 3.8) is 0 Å². The molecule has 0 aliphatic carbocycles. The number of guanidine groups is 1. The maximum Gasteiger partial charge on any atom is 0.328 e. The van der Waals surface area contributed by atoms with Crippen molar-refractivity contribution in [1.82, 2.24) is 16.0 Å². The van der Waals surface area contributed by atoms with Crippen molar-refractivity contribution in [2.45, 2.75) is 62.9 Å². The molecule has 0 aliphatic rings. The van der Waals surface area contributed by atoms with Crippen LogP contribution in [0.2, 0.25) is 0 Å². The monoisotopic (exact) mass is 520 g/mol. The fourth-order valence-corrected chi connectivity index (χ4v) is 3.25. The van der Waals surface area contributed by atoms with E-state index in [-0.39, 0.29) is 31.8 Å². The predicted molar refractivity (Wildman–Crippen MR) is 130 cm³/mol. The molecule has 5 atom stereocenters. The quantitative estimate of drug-likeness (QED) is 0.0505. The zero-order valence-electron chi connectivity index (χ0n) is 19.7. The number of hydrogen-bond donors (Lipinski definition) is 9. The molecule has 0 rings (SSSR count). The van der Waals surface area contributed by atoms with Crippen LogP contribution in [0.5, 0.6) is 0 Å². The number of nitrogens with one attached hydrogen (secondary N) is 3. The second-order valence-corrected chi connectivity index (χ2v) is 8.68. The average Bonchev–Trinajstić information content (AvgIpc) is 2.75. The lowest BCUT2D eigenvalue weighted by Gasteiger charge is -2.25. The van der Waals surface area contributed by atoms with E-state index in [4.69, 9.17) is 22.9 Å². The number of amides is 4. The summed E-state index contributed by atoms with van der Waals surface area (Å²) in [4.78, 5) is 64.2. The lowest BCUT2D eigenvalue weighted by Crippen LogP contribution is -2.58. The Bertz CT molecular complexity index is 776. The summed E-state index contributed by atoms with van der Waals surface area (Å²) in [7, 11) is 0. The number of carbonyl (C=O) groups excluding carboxylic acids is 4. The number of thioether (sulfide) groups is 1. The Kier molecular flexibility index (Phi) is 15.0. The summed E-state index contributed by atoms with van der Waals surface area (Å²) < 4.78 is 0. The highest BCUT2D eigenvalue weighted by atomic mass is 32.2. The molecule has 0 radical (unpaired) electrons. The van der Waals surface area contributed by atoms with E-state index in [1.54, 1.807) is 6.26 Å². The number of nitrogens with zero attached hydrogens (tertiary/aromatic N) is 1. The van der Waals surface area contributed by atoms with Gasteiger partial charge in [-0.05, 0) is 38.2 Å². The van der Waals surface area contributed by atoms with Crippen molar-refractivity contribution in [3.05, 3.63) is 0 Å². The molecule has 0 saturated heterocycles. The number of aliphatic hydroxyl groups excluding tert-OH is 1. The fraction of sp³-hybridized carbons (Fsp3) is 0.684. The molecule has 0 aliphatic heterocycles. The van der Waals surface area contributed by atoms with Gasteiger partial charge in [-0.15, -0.1) is 0 Å². The van der Waals surface area contributed by atoms with Crippen molar-refractivity contribution in [2.75, 3.05) is 18.6 Å². The van der Waals surface area contributed by atoms with E-state index in [0.717, 1.165) is 0 Å². The van der Waals surface area contributed by atoms with Gasteiger partial charge in [0.2, 0.25) is 23.6 Å². The molecule has 0 heterocycles. The first-order chi connectivity index (χ1) is 16.3. The van der Waals surface area contributed by atoms with Crippen molar-refractivity contribution >= 4 is 47.3 Å². The summed E-state index contributed by atoms with van der Waals surface area (Å²) >= 11 is 1.41. The SMILES string of the molecule is CSCCC(NC(=O)C(N)CC(N)=O)C(=O)NC(CCCN=C(N)N)C(=O)NC(C(=O)O)C(C)O. The maximum atomic E-state index is 13.0. The van der Waals surface area contributed by atoms with Gasteiger partial charge in [0.1, 0.15) is 12.1 Å². The molecule has 0 aromatic carbocycles. The zero-order chi connectivity index (χ0) is 27.1. The molecule has 0 aromatic rings. The van der Waals surface area contributed by atoms with Crippen LogP contribution in [0.1, 0.15) is 32.6 Å². The van der Waals surface area contributed by atoms with Crippen LogP contribution in [-0.2, 0) is 24.0 Å². The van der Waals surface area contributed by atoms with Crippen LogP contribution < -0.4 is 38.9 Å². The third-order valence-electron chi connectivity index (χ3n) is 4.63. The number of carboxylic acids is 1. The summed E-state index contributed by atoms with van der Waals surface area (Å²) in [5.41, 5.74) is 21.2. The Hall–Kier alpha value is -3.11. The molecule has 200 valence electrons. The van der Waals surface area contributed by atoms with Crippen molar-refractivity contribution in [1.29, 1.82) is 0 Å². The molecular weight excluding hydrogens is 484 g/mol. The molecule has 16 heteroatoms. The third-order valence-corrected chi connectivity index (χ3v) is 5.27. The van der Waals surface area contributed by atoms with E-state index in [2.05, 4.69) is 20.9 Å². The second kappa shape index (κ2) is 16.5. The van der Waals surface area contributed by atoms with Crippen molar-refractivity contribution in [3.8, 4) is 0 Å². The van der Waals surface area contributed by atoms with E-state index >= 15 is 0 Å². The van der Waals surface area contributed by atoms with Crippen LogP contribution in [-0.4, -0.2) is 94.6 Å². The molecular formula is C19H36N8O7S. The number of aliphatic imine (C=N–C) groups is 1. The Labute approximate surface area is 207 Å².